The first-order valence-corrected chi connectivity index (χ1v) is 9.14. The van der Waals surface area contributed by atoms with E-state index in [2.05, 4.69) is 0 Å². The van der Waals surface area contributed by atoms with Gasteiger partial charge in [-0.05, 0) is 50.1 Å². The molecule has 0 aromatic heterocycles. The monoisotopic (exact) mass is 359 g/mol. The van der Waals surface area contributed by atoms with Gasteiger partial charge < -0.3 is 10.5 Å². The first-order chi connectivity index (χ1) is 12.5. The number of piperidine rings is 1. The summed E-state index contributed by atoms with van der Waals surface area (Å²) < 4.78 is 5.54. The molecule has 2 unspecified atom stereocenters. The Hall–Kier alpha value is -2.41. The number of imide groups is 1. The van der Waals surface area contributed by atoms with Crippen LogP contribution in [0.15, 0.2) is 24.3 Å². The summed E-state index contributed by atoms with van der Waals surface area (Å²) in [5, 5.41) is 0. The van der Waals surface area contributed by atoms with Gasteiger partial charge in [0.1, 0.15) is 5.75 Å². The molecule has 3 rings (SSSR count). The molecule has 0 radical (unpaired) electrons. The molecule has 1 aromatic rings. The normalized spacial score (nSPS) is 24.1. The molecular weight excluding hydrogens is 334 g/mol. The van der Waals surface area contributed by atoms with Gasteiger partial charge in [0, 0.05) is 6.54 Å². The van der Waals surface area contributed by atoms with Crippen molar-refractivity contribution in [3.63, 3.8) is 0 Å². The van der Waals surface area contributed by atoms with Crippen LogP contribution in [0, 0.1) is 5.92 Å². The minimum absolute atomic E-state index is 0.137. The van der Waals surface area contributed by atoms with Crippen LogP contribution in [-0.2, 0) is 14.4 Å². The Morgan fingerprint density at radius 2 is 2.00 bits per heavy atom. The van der Waals surface area contributed by atoms with Crippen molar-refractivity contribution in [2.24, 2.45) is 11.7 Å². The Bertz CT molecular complexity index is 689. The maximum absolute atomic E-state index is 12.9. The number of hydrogen-bond acceptors (Lipinski definition) is 5. The number of likely N-dealkylation sites (tertiary alicyclic amines) is 1. The number of carbonyl (C=O) groups is 3. The molecule has 2 atom stereocenters. The first kappa shape index (κ1) is 18.4. The van der Waals surface area contributed by atoms with Crippen LogP contribution in [-0.4, -0.2) is 48.4 Å². The lowest BCUT2D eigenvalue weighted by molar-refractivity contribution is -0.127. The van der Waals surface area contributed by atoms with Crippen molar-refractivity contribution in [3.05, 3.63) is 24.3 Å². The van der Waals surface area contributed by atoms with Crippen LogP contribution in [0.2, 0.25) is 0 Å². The van der Waals surface area contributed by atoms with Gasteiger partial charge in [-0.25, -0.2) is 4.90 Å². The van der Waals surface area contributed by atoms with E-state index in [1.165, 1.54) is 4.90 Å². The molecule has 2 aliphatic heterocycles. The number of carbonyl (C=O) groups excluding carboxylic acids is 3. The van der Waals surface area contributed by atoms with Crippen LogP contribution in [0.4, 0.5) is 5.69 Å². The second-order valence-electron chi connectivity index (χ2n) is 6.87. The fraction of sp³-hybridized carbons (Fsp3) is 0.526. The third-order valence-electron chi connectivity index (χ3n) is 4.99. The van der Waals surface area contributed by atoms with Gasteiger partial charge >= 0.3 is 0 Å². The Labute approximate surface area is 153 Å². The van der Waals surface area contributed by atoms with E-state index in [-0.39, 0.29) is 30.1 Å². The third-order valence-corrected chi connectivity index (χ3v) is 4.99. The van der Waals surface area contributed by atoms with E-state index in [9.17, 15) is 14.4 Å². The number of anilines is 1. The first-order valence-electron chi connectivity index (χ1n) is 9.14. The molecule has 2 N–H and O–H groups in total. The molecule has 0 spiro atoms. The third kappa shape index (κ3) is 3.72. The van der Waals surface area contributed by atoms with E-state index < -0.39 is 6.04 Å². The standard InChI is InChI=1S/C19H25N3O4/c1-2-10-26-15-7-5-14(6-8-15)22-17(23)11-16(19(22)25)21-9-3-4-13(12-21)18(20)24/h5-8,13,16H,2-4,9-12H2,1H3,(H2,20,24). The maximum Gasteiger partial charge on any atom is 0.251 e. The molecule has 2 heterocycles. The van der Waals surface area contributed by atoms with E-state index in [4.69, 9.17) is 10.5 Å². The summed E-state index contributed by atoms with van der Waals surface area (Å²) in [5.41, 5.74) is 5.97. The number of nitrogens with two attached hydrogens (primary N) is 1. The number of benzene rings is 1. The van der Waals surface area contributed by atoms with Crippen molar-refractivity contribution in [2.75, 3.05) is 24.6 Å². The second-order valence-corrected chi connectivity index (χ2v) is 6.87. The largest absolute Gasteiger partial charge is 0.494 e. The van der Waals surface area contributed by atoms with Gasteiger partial charge in [-0.2, -0.15) is 0 Å². The Morgan fingerprint density at radius 3 is 2.65 bits per heavy atom. The zero-order chi connectivity index (χ0) is 18.7. The Morgan fingerprint density at radius 1 is 1.27 bits per heavy atom. The molecule has 1 aromatic carbocycles. The molecule has 2 fully saturated rings. The predicted octanol–water partition coefficient (Wildman–Crippen LogP) is 1.30. The van der Waals surface area contributed by atoms with Crippen molar-refractivity contribution in [2.45, 2.75) is 38.6 Å². The molecule has 2 saturated heterocycles. The zero-order valence-corrected chi connectivity index (χ0v) is 15.0. The van der Waals surface area contributed by atoms with Crippen molar-refractivity contribution >= 4 is 23.4 Å². The van der Waals surface area contributed by atoms with Gasteiger partial charge in [0.05, 0.1) is 30.7 Å². The maximum atomic E-state index is 12.9. The summed E-state index contributed by atoms with van der Waals surface area (Å²) in [4.78, 5) is 40.0. The number of ether oxygens (including phenoxy) is 1. The lowest BCUT2D eigenvalue weighted by Gasteiger charge is -2.34. The highest BCUT2D eigenvalue weighted by Gasteiger charge is 2.44. The van der Waals surface area contributed by atoms with Gasteiger partial charge in [0.2, 0.25) is 11.8 Å². The molecule has 0 saturated carbocycles. The highest BCUT2D eigenvalue weighted by molar-refractivity contribution is 6.22. The summed E-state index contributed by atoms with van der Waals surface area (Å²) in [6.45, 7) is 3.79. The number of rotatable bonds is 6. The summed E-state index contributed by atoms with van der Waals surface area (Å²) >= 11 is 0. The van der Waals surface area contributed by atoms with Crippen molar-refractivity contribution in [3.8, 4) is 5.75 Å². The quantitative estimate of drug-likeness (QED) is 0.773. The van der Waals surface area contributed by atoms with Crippen LogP contribution >= 0.6 is 0 Å². The number of primary amides is 1. The van der Waals surface area contributed by atoms with Gasteiger partial charge in [-0.3, -0.25) is 19.3 Å². The molecular formula is C19H25N3O4. The van der Waals surface area contributed by atoms with Gasteiger partial charge in [0.25, 0.3) is 5.91 Å². The van der Waals surface area contributed by atoms with Gasteiger partial charge in [-0.1, -0.05) is 6.92 Å². The smallest absolute Gasteiger partial charge is 0.251 e. The summed E-state index contributed by atoms with van der Waals surface area (Å²) in [7, 11) is 0. The average molecular weight is 359 g/mol. The van der Waals surface area contributed by atoms with Crippen molar-refractivity contribution < 1.29 is 19.1 Å². The van der Waals surface area contributed by atoms with Gasteiger partial charge in [0.15, 0.2) is 0 Å². The zero-order valence-electron chi connectivity index (χ0n) is 15.0. The summed E-state index contributed by atoms with van der Waals surface area (Å²) in [6, 6.07) is 6.48. The predicted molar refractivity (Wildman–Crippen MR) is 96.6 cm³/mol. The fourth-order valence-corrected chi connectivity index (χ4v) is 3.61. The molecule has 7 nitrogen and oxygen atoms in total. The molecule has 7 heteroatoms. The number of hydrogen-bond donors (Lipinski definition) is 1. The SMILES string of the molecule is CCCOc1ccc(N2C(=O)CC(N3CCCC(C(N)=O)C3)C2=O)cc1. The average Bonchev–Trinajstić information content (AvgIpc) is 2.95. The highest BCUT2D eigenvalue weighted by atomic mass is 16.5. The Balaban J connectivity index is 1.71. The number of amides is 3. The second kappa shape index (κ2) is 7.86. The van der Waals surface area contributed by atoms with E-state index in [1.807, 2.05) is 11.8 Å². The molecule has 0 bridgehead atoms. The van der Waals surface area contributed by atoms with E-state index in [0.29, 0.717) is 31.1 Å². The van der Waals surface area contributed by atoms with Crippen molar-refractivity contribution in [1.29, 1.82) is 0 Å². The molecule has 3 amide bonds. The minimum Gasteiger partial charge on any atom is -0.494 e. The van der Waals surface area contributed by atoms with Crippen LogP contribution in [0.1, 0.15) is 32.6 Å². The minimum atomic E-state index is -0.513. The van der Waals surface area contributed by atoms with Gasteiger partial charge in [-0.15, -0.1) is 0 Å². The van der Waals surface area contributed by atoms with Crippen molar-refractivity contribution in [1.82, 2.24) is 4.90 Å². The summed E-state index contributed by atoms with van der Waals surface area (Å²) in [6.07, 6.45) is 2.59. The van der Waals surface area contributed by atoms with Crippen LogP contribution in [0.3, 0.4) is 0 Å². The van der Waals surface area contributed by atoms with Crippen LogP contribution < -0.4 is 15.4 Å². The van der Waals surface area contributed by atoms with Crippen LogP contribution in [0.5, 0.6) is 5.75 Å². The van der Waals surface area contributed by atoms with E-state index in [0.717, 1.165) is 19.3 Å². The Kier molecular flexibility index (Phi) is 5.56. The van der Waals surface area contributed by atoms with E-state index in [1.54, 1.807) is 24.3 Å². The molecule has 2 aliphatic rings. The molecule has 0 aliphatic carbocycles. The highest BCUT2D eigenvalue weighted by Crippen LogP contribution is 2.29. The number of nitrogens with zero attached hydrogens (tertiary/aromatic N) is 2. The van der Waals surface area contributed by atoms with Crippen LogP contribution in [0.25, 0.3) is 0 Å². The summed E-state index contributed by atoms with van der Waals surface area (Å²) in [5.74, 6) is -0.334. The fourth-order valence-electron chi connectivity index (χ4n) is 3.61. The molecule has 140 valence electrons. The lowest BCUT2D eigenvalue weighted by Crippen LogP contribution is -2.49. The van der Waals surface area contributed by atoms with E-state index >= 15 is 0 Å². The molecule has 26 heavy (non-hydrogen) atoms. The topological polar surface area (TPSA) is 92.9 Å². The lowest BCUT2D eigenvalue weighted by atomic mass is 9.96.